The fraction of sp³-hybridized carbons (Fsp3) is 0.588. The number of carbonyl (C=O) groups is 1. The fourth-order valence-corrected chi connectivity index (χ4v) is 2.19. The van der Waals surface area contributed by atoms with E-state index in [1.54, 1.807) is 24.3 Å². The number of rotatable bonds is 11. The Labute approximate surface area is 127 Å². The van der Waals surface area contributed by atoms with Crippen LogP contribution in [-0.2, 0) is 9.53 Å². The van der Waals surface area contributed by atoms with E-state index in [2.05, 4.69) is 6.92 Å². The van der Waals surface area contributed by atoms with E-state index in [0.717, 1.165) is 12.2 Å². The topological polar surface area (TPSA) is 55.8 Å². The van der Waals surface area contributed by atoms with Gasteiger partial charge >= 0.3 is 5.97 Å². The maximum absolute atomic E-state index is 11.0. The molecule has 0 fully saturated rings. The summed E-state index contributed by atoms with van der Waals surface area (Å²) in [5, 5.41) is 9.00. The highest BCUT2D eigenvalue weighted by Gasteiger charge is 2.18. The maximum Gasteiger partial charge on any atom is 0.337 e. The van der Waals surface area contributed by atoms with E-state index in [9.17, 15) is 4.79 Å². The molecule has 118 valence electrons. The number of ether oxygens (including phenoxy) is 2. The lowest BCUT2D eigenvalue weighted by molar-refractivity contribution is -0.148. The predicted molar refractivity (Wildman–Crippen MR) is 82.7 cm³/mol. The van der Waals surface area contributed by atoms with E-state index in [1.165, 1.54) is 39.2 Å². The van der Waals surface area contributed by atoms with Crippen molar-refractivity contribution in [3.8, 4) is 5.75 Å². The van der Waals surface area contributed by atoms with Crippen molar-refractivity contribution in [1.82, 2.24) is 0 Å². The lowest BCUT2D eigenvalue weighted by Crippen LogP contribution is -2.13. The molecule has 1 aromatic carbocycles. The average molecular weight is 294 g/mol. The van der Waals surface area contributed by atoms with Crippen LogP contribution in [0.15, 0.2) is 24.3 Å². The summed E-state index contributed by atoms with van der Waals surface area (Å²) in [5.41, 5.74) is 0.622. The maximum atomic E-state index is 11.0. The predicted octanol–water partition coefficient (Wildman–Crippen LogP) is 4.20. The third-order valence-corrected chi connectivity index (χ3v) is 3.41. The van der Waals surface area contributed by atoms with E-state index < -0.39 is 12.1 Å². The Balaban J connectivity index is 2.29. The number of carboxylic acid groups (broad SMARTS) is 1. The van der Waals surface area contributed by atoms with Crippen LogP contribution in [0, 0.1) is 0 Å². The Morgan fingerprint density at radius 1 is 1.10 bits per heavy atom. The summed E-state index contributed by atoms with van der Waals surface area (Å²) in [6.45, 7) is 2.92. The van der Waals surface area contributed by atoms with Crippen LogP contribution in [0.4, 0.5) is 0 Å². The van der Waals surface area contributed by atoms with Crippen LogP contribution in [0.5, 0.6) is 5.75 Å². The molecule has 0 aliphatic carbocycles. The Morgan fingerprint density at radius 2 is 1.71 bits per heavy atom. The molecular formula is C17H26O4. The van der Waals surface area contributed by atoms with Gasteiger partial charge in [-0.2, -0.15) is 0 Å². The zero-order chi connectivity index (χ0) is 15.5. The van der Waals surface area contributed by atoms with Gasteiger partial charge in [0.2, 0.25) is 0 Å². The number of aliphatic carboxylic acids is 1. The van der Waals surface area contributed by atoms with Crippen molar-refractivity contribution >= 4 is 5.97 Å². The van der Waals surface area contributed by atoms with Gasteiger partial charge in [-0.1, -0.05) is 51.2 Å². The molecule has 0 aromatic heterocycles. The molecule has 0 aliphatic heterocycles. The number of methoxy groups -OCH3 is 1. The highest BCUT2D eigenvalue weighted by atomic mass is 16.5. The molecule has 0 saturated carbocycles. The molecule has 0 spiro atoms. The largest absolute Gasteiger partial charge is 0.494 e. The Morgan fingerprint density at radius 3 is 2.29 bits per heavy atom. The second-order valence-electron chi connectivity index (χ2n) is 5.14. The zero-order valence-corrected chi connectivity index (χ0v) is 13.0. The molecule has 0 radical (unpaired) electrons. The summed E-state index contributed by atoms with van der Waals surface area (Å²) in [7, 11) is 1.39. The Bertz CT molecular complexity index is 400. The standard InChI is InChI=1S/C17H26O4/c1-3-4-5-6-7-8-13-21-15-11-9-14(10-12-15)16(20-2)17(18)19/h9-12,16H,3-8,13H2,1-2H3,(H,18,19). The van der Waals surface area contributed by atoms with Crippen molar-refractivity contribution in [2.75, 3.05) is 13.7 Å². The van der Waals surface area contributed by atoms with E-state index in [-0.39, 0.29) is 0 Å². The van der Waals surface area contributed by atoms with Crippen molar-refractivity contribution in [2.24, 2.45) is 0 Å². The molecule has 1 unspecified atom stereocenters. The van der Waals surface area contributed by atoms with E-state index in [1.807, 2.05) is 0 Å². The van der Waals surface area contributed by atoms with Crippen LogP contribution in [0.3, 0.4) is 0 Å². The Kier molecular flexibility index (Phi) is 8.51. The van der Waals surface area contributed by atoms with Crippen LogP contribution >= 0.6 is 0 Å². The summed E-state index contributed by atoms with van der Waals surface area (Å²) in [6.07, 6.45) is 6.49. The summed E-state index contributed by atoms with van der Waals surface area (Å²) >= 11 is 0. The van der Waals surface area contributed by atoms with E-state index in [0.29, 0.717) is 12.2 Å². The molecule has 0 amide bonds. The number of hydrogen-bond acceptors (Lipinski definition) is 3. The Hall–Kier alpha value is -1.55. The van der Waals surface area contributed by atoms with Gasteiger partial charge in [-0.15, -0.1) is 0 Å². The fourth-order valence-electron chi connectivity index (χ4n) is 2.19. The lowest BCUT2D eigenvalue weighted by atomic mass is 10.1. The first-order chi connectivity index (χ1) is 10.2. The molecule has 0 saturated heterocycles. The SMILES string of the molecule is CCCCCCCCOc1ccc(C(OC)C(=O)O)cc1. The molecule has 1 rings (SSSR count). The molecule has 1 N–H and O–H groups in total. The zero-order valence-electron chi connectivity index (χ0n) is 13.0. The first-order valence-electron chi connectivity index (χ1n) is 7.67. The molecule has 4 heteroatoms. The summed E-state index contributed by atoms with van der Waals surface area (Å²) in [5.74, 6) is -0.217. The number of carboxylic acids is 1. The first-order valence-corrected chi connectivity index (χ1v) is 7.67. The van der Waals surface area contributed by atoms with Crippen LogP contribution in [0.25, 0.3) is 0 Å². The van der Waals surface area contributed by atoms with Crippen LogP contribution in [0.2, 0.25) is 0 Å². The summed E-state index contributed by atoms with van der Waals surface area (Å²) in [6, 6.07) is 7.06. The molecule has 0 aliphatic rings. The molecule has 4 nitrogen and oxygen atoms in total. The van der Waals surface area contributed by atoms with Crippen LogP contribution < -0.4 is 4.74 Å². The van der Waals surface area contributed by atoms with Gasteiger partial charge in [0, 0.05) is 7.11 Å². The normalized spacial score (nSPS) is 12.1. The molecule has 1 atom stereocenters. The van der Waals surface area contributed by atoms with Gasteiger partial charge in [0.05, 0.1) is 6.61 Å². The molecule has 0 bridgehead atoms. The minimum Gasteiger partial charge on any atom is -0.494 e. The molecule has 0 heterocycles. The lowest BCUT2D eigenvalue weighted by Gasteiger charge is -2.12. The first kappa shape index (κ1) is 17.5. The van der Waals surface area contributed by atoms with Gasteiger partial charge < -0.3 is 14.6 Å². The van der Waals surface area contributed by atoms with Crippen molar-refractivity contribution < 1.29 is 19.4 Å². The van der Waals surface area contributed by atoms with Crippen molar-refractivity contribution in [2.45, 2.75) is 51.6 Å². The van der Waals surface area contributed by atoms with Gasteiger partial charge in [-0.25, -0.2) is 4.79 Å². The second-order valence-corrected chi connectivity index (χ2v) is 5.14. The molecule has 21 heavy (non-hydrogen) atoms. The second kappa shape index (κ2) is 10.2. The van der Waals surface area contributed by atoms with Gasteiger partial charge in [-0.05, 0) is 24.1 Å². The van der Waals surface area contributed by atoms with Crippen molar-refractivity contribution in [3.63, 3.8) is 0 Å². The number of unbranched alkanes of at least 4 members (excludes halogenated alkanes) is 5. The summed E-state index contributed by atoms with van der Waals surface area (Å²) in [4.78, 5) is 11.0. The van der Waals surface area contributed by atoms with Gasteiger partial charge in [-0.3, -0.25) is 0 Å². The quantitative estimate of drug-likeness (QED) is 0.621. The number of hydrogen-bond donors (Lipinski definition) is 1. The number of benzene rings is 1. The minimum absolute atomic E-state index is 0.622. The van der Waals surface area contributed by atoms with Crippen molar-refractivity contribution in [1.29, 1.82) is 0 Å². The van der Waals surface area contributed by atoms with Crippen LogP contribution in [0.1, 0.15) is 57.1 Å². The van der Waals surface area contributed by atoms with Gasteiger partial charge in [0.25, 0.3) is 0 Å². The highest BCUT2D eigenvalue weighted by Crippen LogP contribution is 2.20. The molecule has 1 aromatic rings. The monoisotopic (exact) mass is 294 g/mol. The van der Waals surface area contributed by atoms with Gasteiger partial charge in [0.15, 0.2) is 6.10 Å². The average Bonchev–Trinajstić information content (AvgIpc) is 2.48. The van der Waals surface area contributed by atoms with Crippen molar-refractivity contribution in [3.05, 3.63) is 29.8 Å². The molecular weight excluding hydrogens is 268 g/mol. The van der Waals surface area contributed by atoms with E-state index in [4.69, 9.17) is 14.6 Å². The minimum atomic E-state index is -0.988. The highest BCUT2D eigenvalue weighted by molar-refractivity contribution is 5.74. The third kappa shape index (κ3) is 6.63. The summed E-state index contributed by atoms with van der Waals surface area (Å²) < 4.78 is 10.6. The van der Waals surface area contributed by atoms with Crippen LogP contribution in [-0.4, -0.2) is 24.8 Å². The van der Waals surface area contributed by atoms with E-state index >= 15 is 0 Å². The smallest absolute Gasteiger partial charge is 0.337 e. The third-order valence-electron chi connectivity index (χ3n) is 3.41. The van der Waals surface area contributed by atoms with Gasteiger partial charge in [0.1, 0.15) is 5.75 Å².